The van der Waals surface area contributed by atoms with Gasteiger partial charge in [0.25, 0.3) is 0 Å². The van der Waals surface area contributed by atoms with Crippen LogP contribution in [-0.4, -0.2) is 24.7 Å². The first-order valence-corrected chi connectivity index (χ1v) is 8.84. The van der Waals surface area contributed by atoms with E-state index in [4.69, 9.17) is 4.52 Å². The monoisotopic (exact) mass is 333 g/mol. The van der Waals surface area contributed by atoms with Gasteiger partial charge in [-0.05, 0) is 31.9 Å². The fourth-order valence-electron chi connectivity index (χ4n) is 2.88. The minimum atomic E-state index is -3.61. The number of nitrogens with one attached hydrogen (secondary N) is 1. The summed E-state index contributed by atoms with van der Waals surface area (Å²) >= 11 is 0. The number of fused-ring (bicyclic) bond motifs is 1. The minimum absolute atomic E-state index is 0.135. The highest BCUT2D eigenvalue weighted by molar-refractivity contribution is 7.89. The van der Waals surface area contributed by atoms with Crippen molar-refractivity contribution in [2.45, 2.75) is 25.2 Å². The molecule has 0 saturated heterocycles. The zero-order valence-electron chi connectivity index (χ0n) is 13.3. The molecule has 0 atom stereocenters. The second-order valence-electron chi connectivity index (χ2n) is 5.58. The Balaban J connectivity index is 1.76. The predicted octanol–water partition coefficient (Wildman–Crippen LogP) is 2.30. The molecular weight excluding hydrogens is 314 g/mol. The second-order valence-corrected chi connectivity index (χ2v) is 7.29. The zero-order valence-corrected chi connectivity index (χ0v) is 14.1. The molecule has 0 aliphatic carbocycles. The zero-order chi connectivity index (χ0) is 16.6. The van der Waals surface area contributed by atoms with Gasteiger partial charge in [-0.3, -0.25) is 0 Å². The molecule has 0 radical (unpaired) electrons. The van der Waals surface area contributed by atoms with Crippen LogP contribution in [0.3, 0.4) is 0 Å². The van der Waals surface area contributed by atoms with Gasteiger partial charge >= 0.3 is 0 Å². The van der Waals surface area contributed by atoms with Gasteiger partial charge in [0, 0.05) is 30.7 Å². The molecule has 0 aliphatic rings. The number of aryl methyl sites for hydroxylation is 3. The molecule has 0 amide bonds. The molecule has 23 heavy (non-hydrogen) atoms. The summed E-state index contributed by atoms with van der Waals surface area (Å²) in [6.45, 7) is 3.54. The van der Waals surface area contributed by atoms with Crippen LogP contribution in [0.15, 0.2) is 39.9 Å². The lowest BCUT2D eigenvalue weighted by molar-refractivity contribution is 0.390. The number of para-hydroxylation sites is 1. The van der Waals surface area contributed by atoms with E-state index in [0.29, 0.717) is 24.4 Å². The molecule has 0 unspecified atom stereocenters. The quantitative estimate of drug-likeness (QED) is 0.777. The lowest BCUT2D eigenvalue weighted by Crippen LogP contribution is -2.26. The number of rotatable bonds is 5. The van der Waals surface area contributed by atoms with Crippen LogP contribution in [0.25, 0.3) is 10.9 Å². The topological polar surface area (TPSA) is 77.1 Å². The summed E-state index contributed by atoms with van der Waals surface area (Å²) in [6.07, 6.45) is 2.65. The SMILES string of the molecule is Cc1noc(C)c1S(=O)(=O)NCCc1cn(C)c2ccccc12. The van der Waals surface area contributed by atoms with Gasteiger partial charge in [0.1, 0.15) is 10.6 Å². The maximum atomic E-state index is 12.4. The Morgan fingerprint density at radius 2 is 2.00 bits per heavy atom. The molecule has 2 aromatic heterocycles. The van der Waals surface area contributed by atoms with E-state index in [0.717, 1.165) is 16.5 Å². The number of benzene rings is 1. The third kappa shape index (κ3) is 2.89. The second kappa shape index (κ2) is 5.82. The number of aromatic nitrogens is 2. The van der Waals surface area contributed by atoms with Crippen molar-refractivity contribution in [1.29, 1.82) is 0 Å². The van der Waals surface area contributed by atoms with Gasteiger partial charge < -0.3 is 9.09 Å². The van der Waals surface area contributed by atoms with E-state index < -0.39 is 10.0 Å². The maximum absolute atomic E-state index is 12.4. The first-order valence-electron chi connectivity index (χ1n) is 7.35. The summed E-state index contributed by atoms with van der Waals surface area (Å²) in [6, 6.07) is 8.08. The van der Waals surface area contributed by atoms with Crippen molar-refractivity contribution in [2.24, 2.45) is 7.05 Å². The Morgan fingerprint density at radius 1 is 1.26 bits per heavy atom. The summed E-state index contributed by atoms with van der Waals surface area (Å²) in [5.74, 6) is 0.306. The standard InChI is InChI=1S/C16H19N3O3S/c1-11-16(12(2)22-18-11)23(20,21)17-9-8-13-10-19(3)15-7-5-4-6-14(13)15/h4-7,10,17H,8-9H2,1-3H3. The van der Waals surface area contributed by atoms with E-state index in [1.807, 2.05) is 42.1 Å². The average Bonchev–Trinajstić information content (AvgIpc) is 3.00. The smallest absolute Gasteiger partial charge is 0.245 e. The van der Waals surface area contributed by atoms with E-state index in [-0.39, 0.29) is 4.90 Å². The van der Waals surface area contributed by atoms with Crippen molar-refractivity contribution < 1.29 is 12.9 Å². The molecule has 122 valence electrons. The number of nitrogens with zero attached hydrogens (tertiary/aromatic N) is 2. The van der Waals surface area contributed by atoms with Crippen LogP contribution in [0.4, 0.5) is 0 Å². The van der Waals surface area contributed by atoms with E-state index in [1.54, 1.807) is 13.8 Å². The normalized spacial score (nSPS) is 12.1. The van der Waals surface area contributed by atoms with Crippen LogP contribution in [0.5, 0.6) is 0 Å². The largest absolute Gasteiger partial charge is 0.360 e. The molecule has 0 saturated carbocycles. The third-order valence-corrected chi connectivity index (χ3v) is 5.61. The summed E-state index contributed by atoms with van der Waals surface area (Å²) < 4.78 is 34.4. The van der Waals surface area contributed by atoms with Crippen molar-refractivity contribution in [3.8, 4) is 0 Å². The van der Waals surface area contributed by atoms with Crippen LogP contribution in [0.2, 0.25) is 0 Å². The first-order chi connectivity index (χ1) is 10.9. The van der Waals surface area contributed by atoms with Crippen LogP contribution < -0.4 is 4.72 Å². The van der Waals surface area contributed by atoms with Crippen LogP contribution >= 0.6 is 0 Å². The molecule has 3 aromatic rings. The Morgan fingerprint density at radius 3 is 2.70 bits per heavy atom. The van der Waals surface area contributed by atoms with Crippen LogP contribution in [-0.2, 0) is 23.5 Å². The van der Waals surface area contributed by atoms with Crippen molar-refractivity contribution in [1.82, 2.24) is 14.4 Å². The fourth-order valence-corrected chi connectivity index (χ4v) is 4.23. The molecule has 2 heterocycles. The van der Waals surface area contributed by atoms with Gasteiger partial charge in [-0.25, -0.2) is 13.1 Å². The van der Waals surface area contributed by atoms with E-state index in [2.05, 4.69) is 9.88 Å². The molecular formula is C16H19N3O3S. The van der Waals surface area contributed by atoms with Crippen LogP contribution in [0, 0.1) is 13.8 Å². The van der Waals surface area contributed by atoms with E-state index in [1.165, 1.54) is 0 Å². The van der Waals surface area contributed by atoms with Crippen LogP contribution in [0.1, 0.15) is 17.0 Å². The van der Waals surface area contributed by atoms with Gasteiger partial charge in [0.15, 0.2) is 5.76 Å². The lowest BCUT2D eigenvalue weighted by atomic mass is 10.1. The van der Waals surface area contributed by atoms with Crippen molar-refractivity contribution in [2.75, 3.05) is 6.54 Å². The Labute approximate surface area is 135 Å². The molecule has 0 aliphatic heterocycles. The highest BCUT2D eigenvalue weighted by atomic mass is 32.2. The third-order valence-electron chi connectivity index (χ3n) is 3.90. The van der Waals surface area contributed by atoms with Crippen molar-refractivity contribution >= 4 is 20.9 Å². The minimum Gasteiger partial charge on any atom is -0.360 e. The summed E-state index contributed by atoms with van der Waals surface area (Å²) in [7, 11) is -1.62. The maximum Gasteiger partial charge on any atom is 0.245 e. The molecule has 0 bridgehead atoms. The Hall–Kier alpha value is -2.12. The van der Waals surface area contributed by atoms with Gasteiger partial charge in [0.2, 0.25) is 10.0 Å². The van der Waals surface area contributed by atoms with Crippen molar-refractivity contribution in [3.05, 3.63) is 47.5 Å². The average molecular weight is 333 g/mol. The highest BCUT2D eigenvalue weighted by Gasteiger charge is 2.23. The predicted molar refractivity (Wildman–Crippen MR) is 87.8 cm³/mol. The number of hydrogen-bond acceptors (Lipinski definition) is 4. The lowest BCUT2D eigenvalue weighted by Gasteiger charge is -2.05. The molecule has 1 N–H and O–H groups in total. The molecule has 0 fully saturated rings. The molecule has 7 heteroatoms. The Kier molecular flexibility index (Phi) is 3.99. The number of sulfonamides is 1. The fraction of sp³-hybridized carbons (Fsp3) is 0.312. The molecule has 0 spiro atoms. The summed E-state index contributed by atoms with van der Waals surface area (Å²) in [4.78, 5) is 0.135. The number of hydrogen-bond donors (Lipinski definition) is 1. The molecule has 6 nitrogen and oxygen atoms in total. The van der Waals surface area contributed by atoms with Gasteiger partial charge in [-0.15, -0.1) is 0 Å². The van der Waals surface area contributed by atoms with E-state index in [9.17, 15) is 8.42 Å². The van der Waals surface area contributed by atoms with Gasteiger partial charge in [0.05, 0.1) is 0 Å². The summed E-state index contributed by atoms with van der Waals surface area (Å²) in [5, 5.41) is 4.84. The van der Waals surface area contributed by atoms with E-state index >= 15 is 0 Å². The summed E-state index contributed by atoms with van der Waals surface area (Å²) in [5.41, 5.74) is 2.63. The molecule has 1 aromatic carbocycles. The highest BCUT2D eigenvalue weighted by Crippen LogP contribution is 2.21. The Bertz CT molecular complexity index is 935. The van der Waals surface area contributed by atoms with Crippen molar-refractivity contribution in [3.63, 3.8) is 0 Å². The van der Waals surface area contributed by atoms with Gasteiger partial charge in [-0.2, -0.15) is 0 Å². The first kappa shape index (κ1) is 15.8. The molecule has 3 rings (SSSR count). The van der Waals surface area contributed by atoms with Gasteiger partial charge in [-0.1, -0.05) is 23.4 Å².